The van der Waals surface area contributed by atoms with Crippen LogP contribution >= 0.6 is 0 Å². The number of likely N-dealkylation sites (tertiary alicyclic amines) is 1. The van der Waals surface area contributed by atoms with Crippen LogP contribution in [0.5, 0.6) is 0 Å². The van der Waals surface area contributed by atoms with Crippen molar-refractivity contribution in [1.82, 2.24) is 4.90 Å². The zero-order valence-corrected chi connectivity index (χ0v) is 22.3. The summed E-state index contributed by atoms with van der Waals surface area (Å²) in [5.41, 5.74) is 4.67. The summed E-state index contributed by atoms with van der Waals surface area (Å²) in [6.07, 6.45) is 1.62. The molecular formula is C35H37NO3. The van der Waals surface area contributed by atoms with E-state index in [-0.39, 0.29) is 24.3 Å². The lowest BCUT2D eigenvalue weighted by atomic mass is 10.1. The second kappa shape index (κ2) is 14.0. The SMILES string of the molecule is C=C[C@H]1[C@@H](OCc2ccccc2)[C@H](OCc2ccccc2)[C@@H](COCc2ccccc2)N1Cc1ccccc1. The van der Waals surface area contributed by atoms with Crippen LogP contribution in [0, 0.1) is 0 Å². The van der Waals surface area contributed by atoms with Crippen molar-refractivity contribution in [2.24, 2.45) is 0 Å². The summed E-state index contributed by atoms with van der Waals surface area (Å²) in [6, 6.07) is 41.5. The number of hydrogen-bond donors (Lipinski definition) is 0. The van der Waals surface area contributed by atoms with Gasteiger partial charge in [0.25, 0.3) is 0 Å². The molecule has 0 N–H and O–H groups in total. The highest BCUT2D eigenvalue weighted by molar-refractivity contribution is 5.20. The largest absolute Gasteiger partial charge is 0.375 e. The van der Waals surface area contributed by atoms with E-state index >= 15 is 0 Å². The molecule has 0 radical (unpaired) electrons. The van der Waals surface area contributed by atoms with Crippen LogP contribution in [-0.4, -0.2) is 35.8 Å². The van der Waals surface area contributed by atoms with Crippen LogP contribution in [0.15, 0.2) is 134 Å². The molecule has 4 heteroatoms. The Morgan fingerprint density at radius 3 is 1.49 bits per heavy atom. The second-order valence-corrected chi connectivity index (χ2v) is 9.97. The van der Waals surface area contributed by atoms with Crippen molar-refractivity contribution in [2.45, 2.75) is 50.7 Å². The molecule has 0 unspecified atom stereocenters. The van der Waals surface area contributed by atoms with Crippen molar-refractivity contribution in [2.75, 3.05) is 6.61 Å². The quantitative estimate of drug-likeness (QED) is 0.182. The van der Waals surface area contributed by atoms with Crippen molar-refractivity contribution >= 4 is 0 Å². The average Bonchev–Trinajstić information content (AvgIpc) is 3.27. The van der Waals surface area contributed by atoms with Gasteiger partial charge in [0.2, 0.25) is 0 Å². The predicted molar refractivity (Wildman–Crippen MR) is 156 cm³/mol. The Labute approximate surface area is 232 Å². The Balaban J connectivity index is 1.41. The molecule has 1 saturated heterocycles. The zero-order valence-electron chi connectivity index (χ0n) is 22.3. The van der Waals surface area contributed by atoms with Crippen LogP contribution in [0.2, 0.25) is 0 Å². The van der Waals surface area contributed by atoms with E-state index in [9.17, 15) is 0 Å². The molecule has 0 aliphatic carbocycles. The number of ether oxygens (including phenoxy) is 3. The van der Waals surface area contributed by atoms with Gasteiger partial charge in [-0.2, -0.15) is 0 Å². The molecule has 39 heavy (non-hydrogen) atoms. The Hall–Kier alpha value is -3.54. The molecule has 1 fully saturated rings. The van der Waals surface area contributed by atoms with E-state index in [0.29, 0.717) is 26.4 Å². The van der Waals surface area contributed by atoms with Gasteiger partial charge < -0.3 is 14.2 Å². The molecule has 4 aromatic rings. The molecule has 0 bridgehead atoms. The third-order valence-electron chi connectivity index (χ3n) is 7.27. The van der Waals surface area contributed by atoms with Crippen LogP contribution < -0.4 is 0 Å². The summed E-state index contributed by atoms with van der Waals surface area (Å²) in [4.78, 5) is 2.44. The first-order chi connectivity index (χ1) is 19.3. The van der Waals surface area contributed by atoms with Crippen LogP contribution in [0.1, 0.15) is 22.3 Å². The van der Waals surface area contributed by atoms with E-state index in [0.717, 1.165) is 23.2 Å². The standard InChI is InChI=1S/C35H37NO3/c1-2-32-34(38-25-30-19-11-5-12-20-30)35(39-26-31-21-13-6-14-22-31)33(27-37-24-29-17-9-4-10-18-29)36(32)23-28-15-7-3-8-16-28/h2-22,32-35H,1,23-27H2/t32-,33+,34+,35+/m0/s1. The van der Waals surface area contributed by atoms with Gasteiger partial charge in [-0.15, -0.1) is 6.58 Å². The molecule has 4 aromatic carbocycles. The highest BCUT2D eigenvalue weighted by Crippen LogP contribution is 2.34. The summed E-state index contributed by atoms with van der Waals surface area (Å²) in [6.45, 7) is 7.09. The van der Waals surface area contributed by atoms with Crippen molar-refractivity contribution in [1.29, 1.82) is 0 Å². The molecule has 0 saturated carbocycles. The fourth-order valence-corrected chi connectivity index (χ4v) is 5.29. The summed E-state index contributed by atoms with van der Waals surface area (Å²) >= 11 is 0. The molecule has 0 aromatic heterocycles. The van der Waals surface area contributed by atoms with Gasteiger partial charge in [-0.1, -0.05) is 127 Å². The third kappa shape index (κ3) is 7.31. The molecular weight excluding hydrogens is 482 g/mol. The van der Waals surface area contributed by atoms with Gasteiger partial charge in [0, 0.05) is 6.54 Å². The summed E-state index contributed by atoms with van der Waals surface area (Å²) in [7, 11) is 0. The fourth-order valence-electron chi connectivity index (χ4n) is 5.29. The first kappa shape index (κ1) is 27.0. The van der Waals surface area contributed by atoms with E-state index in [2.05, 4.69) is 78.2 Å². The molecule has 200 valence electrons. The summed E-state index contributed by atoms with van der Waals surface area (Å²) in [5, 5.41) is 0. The van der Waals surface area contributed by atoms with Gasteiger partial charge in [-0.05, 0) is 22.3 Å². The molecule has 4 atom stereocenters. The van der Waals surface area contributed by atoms with E-state index in [1.807, 2.05) is 60.7 Å². The number of rotatable bonds is 13. The average molecular weight is 520 g/mol. The molecule has 1 heterocycles. The fraction of sp³-hybridized carbons (Fsp3) is 0.257. The molecule has 5 rings (SSSR count). The minimum Gasteiger partial charge on any atom is -0.375 e. The smallest absolute Gasteiger partial charge is 0.105 e. The Morgan fingerprint density at radius 1 is 0.564 bits per heavy atom. The van der Waals surface area contributed by atoms with Crippen LogP contribution in [-0.2, 0) is 40.6 Å². The topological polar surface area (TPSA) is 30.9 Å². The molecule has 0 spiro atoms. The highest BCUT2D eigenvalue weighted by Gasteiger charge is 2.49. The van der Waals surface area contributed by atoms with E-state index in [4.69, 9.17) is 14.2 Å². The molecule has 0 amide bonds. The van der Waals surface area contributed by atoms with E-state index in [1.54, 1.807) is 0 Å². The predicted octanol–water partition coefficient (Wildman–Crippen LogP) is 6.81. The lowest BCUT2D eigenvalue weighted by molar-refractivity contribution is -0.0844. The van der Waals surface area contributed by atoms with E-state index < -0.39 is 0 Å². The first-order valence-electron chi connectivity index (χ1n) is 13.7. The lowest BCUT2D eigenvalue weighted by Gasteiger charge is -2.30. The maximum Gasteiger partial charge on any atom is 0.105 e. The molecule has 1 aliphatic heterocycles. The minimum absolute atomic E-state index is 0.0126. The molecule has 4 nitrogen and oxygen atoms in total. The van der Waals surface area contributed by atoms with Gasteiger partial charge in [0.15, 0.2) is 0 Å². The van der Waals surface area contributed by atoms with Gasteiger partial charge in [-0.25, -0.2) is 0 Å². The first-order valence-corrected chi connectivity index (χ1v) is 13.7. The Kier molecular flexibility index (Phi) is 9.72. The lowest BCUT2D eigenvalue weighted by Crippen LogP contribution is -2.42. The normalized spacial score (nSPS) is 21.1. The van der Waals surface area contributed by atoms with E-state index in [1.165, 1.54) is 5.56 Å². The Bertz CT molecular complexity index is 1250. The minimum atomic E-state index is -0.198. The van der Waals surface area contributed by atoms with Gasteiger partial charge in [-0.3, -0.25) is 4.90 Å². The zero-order chi connectivity index (χ0) is 26.7. The maximum absolute atomic E-state index is 6.71. The number of benzene rings is 4. The van der Waals surface area contributed by atoms with Crippen LogP contribution in [0.25, 0.3) is 0 Å². The van der Waals surface area contributed by atoms with Gasteiger partial charge in [0.05, 0.1) is 38.5 Å². The number of hydrogen-bond acceptors (Lipinski definition) is 4. The molecule has 1 aliphatic rings. The van der Waals surface area contributed by atoms with Gasteiger partial charge in [0.1, 0.15) is 12.2 Å². The van der Waals surface area contributed by atoms with Crippen molar-refractivity contribution in [3.8, 4) is 0 Å². The Morgan fingerprint density at radius 2 is 1.00 bits per heavy atom. The van der Waals surface area contributed by atoms with Crippen molar-refractivity contribution in [3.63, 3.8) is 0 Å². The summed E-state index contributed by atoms with van der Waals surface area (Å²) < 4.78 is 19.7. The van der Waals surface area contributed by atoms with Crippen LogP contribution in [0.3, 0.4) is 0 Å². The van der Waals surface area contributed by atoms with Crippen molar-refractivity contribution in [3.05, 3.63) is 156 Å². The maximum atomic E-state index is 6.71. The third-order valence-corrected chi connectivity index (χ3v) is 7.27. The van der Waals surface area contributed by atoms with Gasteiger partial charge >= 0.3 is 0 Å². The van der Waals surface area contributed by atoms with Crippen molar-refractivity contribution < 1.29 is 14.2 Å². The monoisotopic (exact) mass is 519 g/mol. The second-order valence-electron chi connectivity index (χ2n) is 9.97. The summed E-state index contributed by atoms with van der Waals surface area (Å²) in [5.74, 6) is 0. The van der Waals surface area contributed by atoms with Crippen LogP contribution in [0.4, 0.5) is 0 Å². The highest BCUT2D eigenvalue weighted by atomic mass is 16.5. The number of nitrogens with zero attached hydrogens (tertiary/aromatic N) is 1.